The van der Waals surface area contributed by atoms with E-state index < -0.39 is 0 Å². The van der Waals surface area contributed by atoms with Crippen LogP contribution in [0.1, 0.15) is 43.7 Å². The normalized spacial score (nSPS) is 13.6. The van der Waals surface area contributed by atoms with E-state index >= 15 is 0 Å². The minimum absolute atomic E-state index is 0.769. The monoisotopic (exact) mass is 247 g/mol. The van der Waals surface area contributed by atoms with Crippen LogP contribution in [-0.2, 0) is 12.8 Å². The number of hydrogen-bond acceptors (Lipinski definition) is 2. The van der Waals surface area contributed by atoms with E-state index in [1.54, 1.807) is 0 Å². The largest absolute Gasteiger partial charge is 0.492 e. The quantitative estimate of drug-likeness (QED) is 0.711. The number of rotatable bonds is 8. The van der Waals surface area contributed by atoms with Gasteiger partial charge >= 0.3 is 0 Å². The first-order valence-electron chi connectivity index (χ1n) is 7.35. The number of benzene rings is 1. The fourth-order valence-corrected chi connectivity index (χ4v) is 2.50. The smallest absolute Gasteiger partial charge is 0.119 e. The molecule has 1 aromatic rings. The Morgan fingerprint density at radius 2 is 2.00 bits per heavy atom. The van der Waals surface area contributed by atoms with Crippen LogP contribution in [0.15, 0.2) is 18.2 Å². The third kappa shape index (κ3) is 4.02. The first-order chi connectivity index (χ1) is 8.90. The van der Waals surface area contributed by atoms with Crippen LogP contribution in [0.25, 0.3) is 0 Å². The molecule has 0 bridgehead atoms. The second-order valence-corrected chi connectivity index (χ2v) is 5.09. The molecule has 1 aromatic carbocycles. The highest BCUT2D eigenvalue weighted by molar-refractivity contribution is 5.38. The van der Waals surface area contributed by atoms with Crippen LogP contribution < -0.4 is 10.1 Å². The molecule has 0 fully saturated rings. The van der Waals surface area contributed by atoms with Crippen LogP contribution in [0.5, 0.6) is 5.75 Å². The molecule has 0 atom stereocenters. The van der Waals surface area contributed by atoms with Gasteiger partial charge in [-0.1, -0.05) is 25.8 Å². The molecule has 0 saturated heterocycles. The van der Waals surface area contributed by atoms with Gasteiger partial charge in [-0.2, -0.15) is 0 Å². The molecule has 18 heavy (non-hydrogen) atoms. The van der Waals surface area contributed by atoms with Crippen molar-refractivity contribution in [1.82, 2.24) is 5.32 Å². The highest BCUT2D eigenvalue weighted by atomic mass is 16.5. The van der Waals surface area contributed by atoms with Gasteiger partial charge in [-0.3, -0.25) is 0 Å². The lowest BCUT2D eigenvalue weighted by molar-refractivity contribution is 0.313. The summed E-state index contributed by atoms with van der Waals surface area (Å²) in [4.78, 5) is 0. The molecule has 1 aliphatic carbocycles. The predicted molar refractivity (Wildman–Crippen MR) is 76.4 cm³/mol. The topological polar surface area (TPSA) is 21.3 Å². The van der Waals surface area contributed by atoms with Gasteiger partial charge in [-0.05, 0) is 55.5 Å². The maximum atomic E-state index is 5.78. The second kappa shape index (κ2) is 7.42. The molecule has 0 radical (unpaired) electrons. The van der Waals surface area contributed by atoms with Gasteiger partial charge in [0.2, 0.25) is 0 Å². The van der Waals surface area contributed by atoms with Gasteiger partial charge in [0.05, 0.1) is 0 Å². The van der Waals surface area contributed by atoms with Crippen molar-refractivity contribution in [3.05, 3.63) is 29.3 Å². The van der Waals surface area contributed by atoms with E-state index in [-0.39, 0.29) is 0 Å². The van der Waals surface area contributed by atoms with Crippen LogP contribution >= 0.6 is 0 Å². The number of aryl methyl sites for hydroxylation is 2. The van der Waals surface area contributed by atoms with Crippen molar-refractivity contribution in [2.24, 2.45) is 0 Å². The van der Waals surface area contributed by atoms with E-state index in [1.807, 2.05) is 0 Å². The summed E-state index contributed by atoms with van der Waals surface area (Å²) in [5.74, 6) is 1.03. The number of nitrogens with one attached hydrogen (secondary N) is 1. The van der Waals surface area contributed by atoms with E-state index in [0.29, 0.717) is 0 Å². The molecule has 0 aliphatic heterocycles. The summed E-state index contributed by atoms with van der Waals surface area (Å²) >= 11 is 0. The zero-order valence-electron chi connectivity index (χ0n) is 11.5. The molecular formula is C16H25NO. The Labute approximate surface area is 111 Å². The van der Waals surface area contributed by atoms with Crippen molar-refractivity contribution in [2.75, 3.05) is 19.7 Å². The molecule has 2 heteroatoms. The maximum Gasteiger partial charge on any atom is 0.119 e. The summed E-state index contributed by atoms with van der Waals surface area (Å²) in [6.07, 6.45) is 7.65. The van der Waals surface area contributed by atoms with Gasteiger partial charge in [0.25, 0.3) is 0 Å². The Morgan fingerprint density at radius 3 is 2.89 bits per heavy atom. The van der Waals surface area contributed by atoms with Gasteiger partial charge in [0.15, 0.2) is 0 Å². The highest BCUT2D eigenvalue weighted by Crippen LogP contribution is 2.25. The molecule has 100 valence electrons. The van der Waals surface area contributed by atoms with Crippen LogP contribution in [0.4, 0.5) is 0 Å². The average Bonchev–Trinajstić information content (AvgIpc) is 2.85. The van der Waals surface area contributed by atoms with Crippen molar-refractivity contribution >= 4 is 0 Å². The number of ether oxygens (including phenoxy) is 1. The molecule has 0 unspecified atom stereocenters. The standard InChI is InChI=1S/C16H25NO/c1-2-3-4-10-17-11-12-18-16-9-8-14-6-5-7-15(14)13-16/h8-9,13,17H,2-7,10-12H2,1H3. The maximum absolute atomic E-state index is 5.78. The van der Waals surface area contributed by atoms with Gasteiger partial charge in [-0.15, -0.1) is 0 Å². The molecule has 0 saturated carbocycles. The first-order valence-corrected chi connectivity index (χ1v) is 7.35. The van der Waals surface area contributed by atoms with E-state index in [0.717, 1.165) is 25.4 Å². The lowest BCUT2D eigenvalue weighted by atomic mass is 10.1. The molecule has 2 rings (SSSR count). The molecule has 1 N–H and O–H groups in total. The lowest BCUT2D eigenvalue weighted by Crippen LogP contribution is -2.22. The van der Waals surface area contributed by atoms with Crippen molar-refractivity contribution in [2.45, 2.75) is 45.4 Å². The fourth-order valence-electron chi connectivity index (χ4n) is 2.50. The van der Waals surface area contributed by atoms with Gasteiger partial charge in [0.1, 0.15) is 12.4 Å². The first kappa shape index (κ1) is 13.4. The Hall–Kier alpha value is -1.02. The average molecular weight is 247 g/mol. The van der Waals surface area contributed by atoms with Crippen molar-refractivity contribution < 1.29 is 4.74 Å². The summed E-state index contributed by atoms with van der Waals surface area (Å²) in [7, 11) is 0. The Balaban J connectivity index is 1.62. The third-order valence-electron chi connectivity index (χ3n) is 3.57. The van der Waals surface area contributed by atoms with Crippen LogP contribution in [0.3, 0.4) is 0 Å². The molecule has 2 nitrogen and oxygen atoms in total. The van der Waals surface area contributed by atoms with E-state index in [1.165, 1.54) is 49.7 Å². The van der Waals surface area contributed by atoms with Crippen molar-refractivity contribution in [3.63, 3.8) is 0 Å². The van der Waals surface area contributed by atoms with Crippen LogP contribution in [-0.4, -0.2) is 19.7 Å². The van der Waals surface area contributed by atoms with Gasteiger partial charge in [-0.25, -0.2) is 0 Å². The van der Waals surface area contributed by atoms with Gasteiger partial charge < -0.3 is 10.1 Å². The Morgan fingerprint density at radius 1 is 1.11 bits per heavy atom. The van der Waals surface area contributed by atoms with Gasteiger partial charge in [0, 0.05) is 6.54 Å². The lowest BCUT2D eigenvalue weighted by Gasteiger charge is -2.09. The van der Waals surface area contributed by atoms with E-state index in [9.17, 15) is 0 Å². The molecule has 0 aromatic heterocycles. The molecule has 0 spiro atoms. The summed E-state index contributed by atoms with van der Waals surface area (Å²) < 4.78 is 5.78. The third-order valence-corrected chi connectivity index (χ3v) is 3.57. The summed E-state index contributed by atoms with van der Waals surface area (Å²) in [6.45, 7) is 5.06. The summed E-state index contributed by atoms with van der Waals surface area (Å²) in [5, 5.41) is 3.42. The van der Waals surface area contributed by atoms with E-state index in [4.69, 9.17) is 4.74 Å². The molecule has 0 amide bonds. The van der Waals surface area contributed by atoms with Crippen LogP contribution in [0, 0.1) is 0 Å². The molecular weight excluding hydrogens is 222 g/mol. The zero-order chi connectivity index (χ0) is 12.6. The number of unbranched alkanes of at least 4 members (excludes halogenated alkanes) is 2. The minimum atomic E-state index is 0.769. The summed E-state index contributed by atoms with van der Waals surface area (Å²) in [5.41, 5.74) is 3.00. The highest BCUT2D eigenvalue weighted by Gasteiger charge is 2.10. The second-order valence-electron chi connectivity index (χ2n) is 5.09. The van der Waals surface area contributed by atoms with E-state index in [2.05, 4.69) is 30.4 Å². The Bertz CT molecular complexity index is 362. The summed E-state index contributed by atoms with van der Waals surface area (Å²) in [6, 6.07) is 6.56. The fraction of sp³-hybridized carbons (Fsp3) is 0.625. The van der Waals surface area contributed by atoms with Crippen LogP contribution in [0.2, 0.25) is 0 Å². The number of fused-ring (bicyclic) bond motifs is 1. The molecule has 1 aliphatic rings. The number of hydrogen-bond donors (Lipinski definition) is 1. The predicted octanol–water partition coefficient (Wildman–Crippen LogP) is 3.33. The van der Waals surface area contributed by atoms with Crippen molar-refractivity contribution in [3.8, 4) is 5.75 Å². The minimum Gasteiger partial charge on any atom is -0.492 e. The SMILES string of the molecule is CCCCCNCCOc1ccc2c(c1)CCC2. The molecule has 0 heterocycles. The Kier molecular flexibility index (Phi) is 5.53. The van der Waals surface area contributed by atoms with Crippen molar-refractivity contribution in [1.29, 1.82) is 0 Å². The zero-order valence-corrected chi connectivity index (χ0v) is 11.5.